The average molecular weight is 431 g/mol. The van der Waals surface area contributed by atoms with Crippen LogP contribution >= 0.6 is 11.6 Å². The molecular weight excluding hydrogens is 412 g/mol. The molecule has 0 aliphatic carbocycles. The Kier molecular flexibility index (Phi) is 6.53. The van der Waals surface area contributed by atoms with Crippen molar-refractivity contribution >= 4 is 56.9 Å². The Hall–Kier alpha value is -3.59. The summed E-state index contributed by atoms with van der Waals surface area (Å²) < 4.78 is 5.30. The summed E-state index contributed by atoms with van der Waals surface area (Å²) in [6.07, 6.45) is 0. The molecule has 0 atom stereocenters. The normalized spacial score (nSPS) is 10.6. The first-order valence-corrected chi connectivity index (χ1v) is 9.31. The van der Waals surface area contributed by atoms with Crippen LogP contribution in [0.25, 0.3) is 21.8 Å². The van der Waals surface area contributed by atoms with Crippen molar-refractivity contribution < 1.29 is 24.2 Å². The number of carbonyl (C=O) groups is 3. The van der Waals surface area contributed by atoms with Crippen LogP contribution in [0.5, 0.6) is 5.75 Å². The summed E-state index contributed by atoms with van der Waals surface area (Å²) in [6, 6.07) is 10.7. The van der Waals surface area contributed by atoms with Gasteiger partial charge in [-0.05, 0) is 36.4 Å². The molecule has 2 amide bonds. The van der Waals surface area contributed by atoms with E-state index in [0.717, 1.165) is 10.8 Å². The van der Waals surface area contributed by atoms with Gasteiger partial charge in [0, 0.05) is 15.8 Å². The molecule has 0 spiro atoms. The molecular formula is C20H19ClN4O5. The van der Waals surface area contributed by atoms with Gasteiger partial charge in [0.25, 0.3) is 0 Å². The SMILES string of the molecule is COc1ccc2nc3cc(Cl)ccc3c(NCC(=O)NCC(=O)NCC(=O)O)c2c1. The van der Waals surface area contributed by atoms with Crippen molar-refractivity contribution in [3.05, 3.63) is 41.4 Å². The van der Waals surface area contributed by atoms with Crippen LogP contribution in [0.1, 0.15) is 0 Å². The number of halogens is 1. The first kappa shape index (κ1) is 21.1. The van der Waals surface area contributed by atoms with Crippen molar-refractivity contribution in [2.45, 2.75) is 0 Å². The van der Waals surface area contributed by atoms with E-state index in [1.54, 1.807) is 25.3 Å². The van der Waals surface area contributed by atoms with E-state index in [4.69, 9.17) is 21.4 Å². The molecule has 30 heavy (non-hydrogen) atoms. The number of carboxylic acid groups (broad SMARTS) is 1. The van der Waals surface area contributed by atoms with Crippen LogP contribution in [-0.4, -0.2) is 54.6 Å². The Morgan fingerprint density at radius 2 is 1.70 bits per heavy atom. The number of nitrogens with one attached hydrogen (secondary N) is 3. The molecule has 1 heterocycles. The molecule has 0 saturated carbocycles. The topological polar surface area (TPSA) is 130 Å². The van der Waals surface area contributed by atoms with Crippen LogP contribution in [0, 0.1) is 0 Å². The number of aliphatic carboxylic acids is 1. The minimum absolute atomic E-state index is 0.111. The summed E-state index contributed by atoms with van der Waals surface area (Å²) in [5.41, 5.74) is 2.04. The number of anilines is 1. The molecule has 0 radical (unpaired) electrons. The molecule has 0 fully saturated rings. The van der Waals surface area contributed by atoms with E-state index in [9.17, 15) is 14.4 Å². The third-order valence-corrected chi connectivity index (χ3v) is 4.49. The summed E-state index contributed by atoms with van der Waals surface area (Å²) >= 11 is 6.09. The van der Waals surface area contributed by atoms with Gasteiger partial charge in [0.15, 0.2) is 0 Å². The fourth-order valence-electron chi connectivity index (χ4n) is 2.86. The number of benzene rings is 2. The average Bonchev–Trinajstić information content (AvgIpc) is 2.73. The lowest BCUT2D eigenvalue weighted by molar-refractivity contribution is -0.137. The lowest BCUT2D eigenvalue weighted by Gasteiger charge is -2.14. The monoisotopic (exact) mass is 430 g/mol. The molecule has 9 nitrogen and oxygen atoms in total. The fourth-order valence-corrected chi connectivity index (χ4v) is 3.03. The van der Waals surface area contributed by atoms with Crippen LogP contribution in [-0.2, 0) is 14.4 Å². The van der Waals surface area contributed by atoms with Crippen molar-refractivity contribution in [2.24, 2.45) is 0 Å². The number of amides is 2. The van der Waals surface area contributed by atoms with Crippen LogP contribution in [0.4, 0.5) is 5.69 Å². The zero-order valence-corrected chi connectivity index (χ0v) is 16.7. The predicted octanol–water partition coefficient (Wildman–Crippen LogP) is 1.78. The highest BCUT2D eigenvalue weighted by molar-refractivity contribution is 6.31. The Bertz CT molecular complexity index is 1140. The molecule has 0 saturated heterocycles. The molecule has 3 aromatic rings. The number of aromatic nitrogens is 1. The van der Waals surface area contributed by atoms with Crippen LogP contribution in [0.15, 0.2) is 36.4 Å². The third kappa shape index (κ3) is 5.06. The van der Waals surface area contributed by atoms with Gasteiger partial charge >= 0.3 is 5.97 Å². The summed E-state index contributed by atoms with van der Waals surface area (Å²) in [5.74, 6) is -1.55. The summed E-state index contributed by atoms with van der Waals surface area (Å²) in [6.45, 7) is -0.943. The maximum atomic E-state index is 12.2. The molecule has 1 aromatic heterocycles. The number of rotatable bonds is 8. The van der Waals surface area contributed by atoms with Gasteiger partial charge in [0.1, 0.15) is 12.3 Å². The van der Waals surface area contributed by atoms with Gasteiger partial charge in [-0.15, -0.1) is 0 Å². The van der Waals surface area contributed by atoms with E-state index in [1.807, 2.05) is 18.2 Å². The second kappa shape index (κ2) is 9.27. The Balaban J connectivity index is 1.80. The standard InChI is InChI=1S/C20H19ClN4O5/c1-30-12-3-5-15-14(7-12)20(13-4-2-11(21)6-16(13)25-15)24-9-18(27)22-8-17(26)23-10-19(28)29/h2-7H,8-10H2,1H3,(H,22,27)(H,23,26)(H,24,25)(H,28,29). The zero-order chi connectivity index (χ0) is 21.7. The second-order valence-electron chi connectivity index (χ2n) is 6.33. The first-order chi connectivity index (χ1) is 14.4. The zero-order valence-electron chi connectivity index (χ0n) is 16.0. The lowest BCUT2D eigenvalue weighted by Crippen LogP contribution is -2.40. The highest BCUT2D eigenvalue weighted by Gasteiger charge is 2.13. The molecule has 4 N–H and O–H groups in total. The number of nitrogens with zero attached hydrogens (tertiary/aromatic N) is 1. The number of ether oxygens (including phenoxy) is 1. The summed E-state index contributed by atoms with van der Waals surface area (Å²) in [7, 11) is 1.56. The van der Waals surface area contributed by atoms with Crippen LogP contribution in [0.3, 0.4) is 0 Å². The van der Waals surface area contributed by atoms with Crippen molar-refractivity contribution in [1.82, 2.24) is 15.6 Å². The minimum Gasteiger partial charge on any atom is -0.497 e. The minimum atomic E-state index is -1.16. The van der Waals surface area contributed by atoms with E-state index in [0.29, 0.717) is 27.5 Å². The number of methoxy groups -OCH3 is 1. The van der Waals surface area contributed by atoms with E-state index in [-0.39, 0.29) is 13.1 Å². The summed E-state index contributed by atoms with van der Waals surface area (Å²) in [4.78, 5) is 38.8. The lowest BCUT2D eigenvalue weighted by atomic mass is 10.1. The number of carboxylic acids is 1. The highest BCUT2D eigenvalue weighted by Crippen LogP contribution is 2.34. The van der Waals surface area contributed by atoms with Crippen molar-refractivity contribution in [3.8, 4) is 5.75 Å². The molecule has 10 heteroatoms. The van der Waals surface area contributed by atoms with E-state index >= 15 is 0 Å². The van der Waals surface area contributed by atoms with Gasteiger partial charge in [-0.2, -0.15) is 0 Å². The smallest absolute Gasteiger partial charge is 0.322 e. The van der Waals surface area contributed by atoms with Gasteiger partial charge in [0.05, 0.1) is 36.9 Å². The van der Waals surface area contributed by atoms with Gasteiger partial charge in [0.2, 0.25) is 11.8 Å². The molecule has 0 aliphatic heterocycles. The maximum Gasteiger partial charge on any atom is 0.322 e. The Morgan fingerprint density at radius 1 is 0.967 bits per heavy atom. The number of fused-ring (bicyclic) bond motifs is 2. The van der Waals surface area contributed by atoms with Crippen LogP contribution in [0.2, 0.25) is 5.02 Å². The molecule has 2 aromatic carbocycles. The molecule has 156 valence electrons. The Labute approximate surface area is 176 Å². The van der Waals surface area contributed by atoms with E-state index in [2.05, 4.69) is 20.9 Å². The number of hydrogen-bond acceptors (Lipinski definition) is 6. The van der Waals surface area contributed by atoms with Gasteiger partial charge in [-0.1, -0.05) is 11.6 Å². The molecule has 0 unspecified atom stereocenters. The molecule has 3 rings (SSSR count). The number of hydrogen-bond donors (Lipinski definition) is 4. The number of carbonyl (C=O) groups excluding carboxylic acids is 2. The molecule has 0 bridgehead atoms. The fraction of sp³-hybridized carbons (Fsp3) is 0.200. The predicted molar refractivity (Wildman–Crippen MR) is 113 cm³/mol. The van der Waals surface area contributed by atoms with Crippen LogP contribution < -0.4 is 20.7 Å². The third-order valence-electron chi connectivity index (χ3n) is 4.25. The van der Waals surface area contributed by atoms with Crippen molar-refractivity contribution in [3.63, 3.8) is 0 Å². The quantitative estimate of drug-likeness (QED) is 0.401. The summed E-state index contributed by atoms with van der Waals surface area (Å²) in [5, 5.41) is 18.3. The Morgan fingerprint density at radius 3 is 2.43 bits per heavy atom. The van der Waals surface area contributed by atoms with Gasteiger partial charge in [-0.25, -0.2) is 4.98 Å². The van der Waals surface area contributed by atoms with Gasteiger partial charge < -0.3 is 25.8 Å². The van der Waals surface area contributed by atoms with E-state index < -0.39 is 24.3 Å². The van der Waals surface area contributed by atoms with Crippen molar-refractivity contribution in [1.29, 1.82) is 0 Å². The molecule has 0 aliphatic rings. The second-order valence-corrected chi connectivity index (χ2v) is 6.77. The first-order valence-electron chi connectivity index (χ1n) is 8.93. The largest absolute Gasteiger partial charge is 0.497 e. The van der Waals surface area contributed by atoms with Gasteiger partial charge in [-0.3, -0.25) is 14.4 Å². The van der Waals surface area contributed by atoms with E-state index in [1.165, 1.54) is 0 Å². The highest BCUT2D eigenvalue weighted by atomic mass is 35.5. The maximum absolute atomic E-state index is 12.2. The number of pyridine rings is 1. The van der Waals surface area contributed by atoms with Crippen molar-refractivity contribution in [2.75, 3.05) is 32.1 Å².